The van der Waals surface area contributed by atoms with Crippen LogP contribution in [0.2, 0.25) is 0 Å². The van der Waals surface area contributed by atoms with E-state index in [4.69, 9.17) is 19.3 Å². The largest absolute Gasteiger partial charge is 0.476 e. The number of fused-ring (bicyclic) bond motifs is 1. The van der Waals surface area contributed by atoms with Gasteiger partial charge in [0, 0.05) is 30.3 Å². The number of alkyl carbamates (subject to hydrolysis) is 1. The highest BCUT2D eigenvalue weighted by atomic mass is 19.4. The summed E-state index contributed by atoms with van der Waals surface area (Å²) in [4.78, 5) is 25.1. The average Bonchev–Trinajstić information content (AvgIpc) is 3.62. The summed E-state index contributed by atoms with van der Waals surface area (Å²) in [6.45, 7) is 7.57. The molecule has 0 bridgehead atoms. The maximum absolute atomic E-state index is 13.7. The number of benzene rings is 1. The average molecular weight is 692 g/mol. The number of nitrogens with one attached hydrogen (secondary N) is 2. The normalized spacial score (nSPS) is 17.0. The summed E-state index contributed by atoms with van der Waals surface area (Å²) in [6, 6.07) is 6.98. The van der Waals surface area contributed by atoms with E-state index in [1.807, 2.05) is 6.07 Å². The van der Waals surface area contributed by atoms with Gasteiger partial charge in [0.25, 0.3) is 0 Å². The topological polar surface area (TPSA) is 145 Å². The molecule has 2 atom stereocenters. The maximum atomic E-state index is 13.7. The van der Waals surface area contributed by atoms with Crippen LogP contribution in [0, 0.1) is 17.8 Å². The molecule has 1 fully saturated rings. The van der Waals surface area contributed by atoms with Crippen molar-refractivity contribution in [2.24, 2.45) is 5.92 Å². The molecule has 0 saturated carbocycles. The van der Waals surface area contributed by atoms with Crippen LogP contribution in [0.4, 0.5) is 23.7 Å². The third-order valence-corrected chi connectivity index (χ3v) is 7.73. The van der Waals surface area contributed by atoms with Gasteiger partial charge in [-0.15, -0.1) is 5.10 Å². The molecule has 1 saturated heterocycles. The number of carbonyl (C=O) groups is 2. The molecule has 16 heteroatoms. The predicted octanol–water partition coefficient (Wildman–Crippen LogP) is 4.23. The van der Waals surface area contributed by atoms with Gasteiger partial charge in [0.2, 0.25) is 0 Å². The highest BCUT2D eigenvalue weighted by Gasteiger charge is 2.31. The smallest absolute Gasteiger partial charge is 0.408 e. The van der Waals surface area contributed by atoms with Crippen molar-refractivity contribution >= 4 is 28.7 Å². The Morgan fingerprint density at radius 2 is 1.88 bits per heavy atom. The molecule has 1 amide bonds. The van der Waals surface area contributed by atoms with Gasteiger partial charge in [-0.25, -0.2) is 14.3 Å². The molecule has 268 valence electrons. The first-order valence-corrected chi connectivity index (χ1v) is 16.1. The number of likely N-dealkylation sites (tertiary alicyclic amines) is 1. The number of carbonyl (C=O) groups excluding carboxylic acids is 1. The van der Waals surface area contributed by atoms with Gasteiger partial charge in [0.05, 0.1) is 50.3 Å². The SMILES string of the molecule is CN1CCC(Nc2cccc3c2cc(C#CCNC(=O)OC(C)(C)C)n3CC(F)(F)F)C(CCOCCOCCn2cc(C(=O)O)nn2)C1. The minimum absolute atomic E-state index is 0.0681. The van der Waals surface area contributed by atoms with Crippen molar-refractivity contribution in [3.8, 4) is 11.8 Å². The molecule has 2 aromatic heterocycles. The van der Waals surface area contributed by atoms with Crippen molar-refractivity contribution in [1.82, 2.24) is 29.8 Å². The summed E-state index contributed by atoms with van der Waals surface area (Å²) < 4.78 is 60.1. The molecule has 4 rings (SSSR count). The lowest BCUT2D eigenvalue weighted by molar-refractivity contribution is -0.140. The Kier molecular flexibility index (Phi) is 12.9. The van der Waals surface area contributed by atoms with Gasteiger partial charge in [0.1, 0.15) is 12.1 Å². The number of hydrogen-bond acceptors (Lipinski definition) is 9. The second-order valence-electron chi connectivity index (χ2n) is 12.9. The Hall–Kier alpha value is -4.33. The van der Waals surface area contributed by atoms with E-state index in [1.54, 1.807) is 39.0 Å². The van der Waals surface area contributed by atoms with Crippen molar-refractivity contribution < 1.29 is 42.1 Å². The van der Waals surface area contributed by atoms with E-state index in [2.05, 4.69) is 44.7 Å². The zero-order chi connectivity index (χ0) is 35.6. The number of halogens is 3. The van der Waals surface area contributed by atoms with E-state index < -0.39 is 30.4 Å². The fourth-order valence-electron chi connectivity index (χ4n) is 5.55. The lowest BCUT2D eigenvalue weighted by Gasteiger charge is -2.38. The van der Waals surface area contributed by atoms with Gasteiger partial charge < -0.3 is 39.4 Å². The fourth-order valence-corrected chi connectivity index (χ4v) is 5.55. The van der Waals surface area contributed by atoms with E-state index in [-0.39, 0.29) is 29.9 Å². The third kappa shape index (κ3) is 11.9. The maximum Gasteiger partial charge on any atom is 0.408 e. The van der Waals surface area contributed by atoms with Crippen LogP contribution < -0.4 is 10.6 Å². The number of ether oxygens (including phenoxy) is 3. The number of anilines is 1. The molecule has 0 spiro atoms. The Morgan fingerprint density at radius 1 is 1.12 bits per heavy atom. The van der Waals surface area contributed by atoms with Crippen LogP contribution in [0.1, 0.15) is 49.8 Å². The highest BCUT2D eigenvalue weighted by Crippen LogP contribution is 2.32. The molecule has 2 unspecified atom stereocenters. The molecule has 1 aliphatic heterocycles. The monoisotopic (exact) mass is 691 g/mol. The molecule has 3 N–H and O–H groups in total. The van der Waals surface area contributed by atoms with Crippen LogP contribution in [-0.4, -0.2) is 113 Å². The van der Waals surface area contributed by atoms with Crippen molar-refractivity contribution in [3.05, 3.63) is 41.9 Å². The Balaban J connectivity index is 1.35. The van der Waals surface area contributed by atoms with Crippen LogP contribution in [0.15, 0.2) is 30.5 Å². The minimum atomic E-state index is -4.46. The van der Waals surface area contributed by atoms with Crippen LogP contribution >= 0.6 is 0 Å². The van der Waals surface area contributed by atoms with Gasteiger partial charge in [-0.1, -0.05) is 17.2 Å². The van der Waals surface area contributed by atoms with Crippen molar-refractivity contribution in [1.29, 1.82) is 0 Å². The van der Waals surface area contributed by atoms with Gasteiger partial charge in [-0.2, -0.15) is 13.2 Å². The number of rotatable bonds is 14. The van der Waals surface area contributed by atoms with Gasteiger partial charge >= 0.3 is 18.2 Å². The highest BCUT2D eigenvalue weighted by molar-refractivity contribution is 5.94. The second-order valence-corrected chi connectivity index (χ2v) is 12.9. The summed E-state index contributed by atoms with van der Waals surface area (Å²) in [5.74, 6) is 4.64. The predicted molar refractivity (Wildman–Crippen MR) is 175 cm³/mol. The van der Waals surface area contributed by atoms with Gasteiger partial charge in [-0.05, 0) is 77.2 Å². The fraction of sp³-hybridized carbons (Fsp3) is 0.576. The summed E-state index contributed by atoms with van der Waals surface area (Å²) in [5.41, 5.74) is 0.514. The Bertz CT molecular complexity index is 1620. The Morgan fingerprint density at radius 3 is 2.57 bits per heavy atom. The summed E-state index contributed by atoms with van der Waals surface area (Å²) in [6.07, 6.45) is -2.17. The number of aromatic nitrogens is 4. The number of piperidine rings is 1. The van der Waals surface area contributed by atoms with Crippen molar-refractivity contribution in [2.75, 3.05) is 58.4 Å². The molecule has 0 radical (unpaired) electrons. The molecular formula is C33H44F3N7O6. The summed E-state index contributed by atoms with van der Waals surface area (Å²) in [7, 11) is 2.06. The number of nitrogens with zero attached hydrogens (tertiary/aromatic N) is 5. The van der Waals surface area contributed by atoms with Crippen LogP contribution in [0.5, 0.6) is 0 Å². The summed E-state index contributed by atoms with van der Waals surface area (Å²) in [5, 5.41) is 23.0. The number of carboxylic acids is 1. The minimum Gasteiger partial charge on any atom is -0.476 e. The number of carboxylic acid groups (broad SMARTS) is 1. The van der Waals surface area contributed by atoms with Crippen LogP contribution in [-0.2, 0) is 27.3 Å². The number of aromatic carboxylic acids is 1. The van der Waals surface area contributed by atoms with E-state index in [0.29, 0.717) is 43.9 Å². The molecule has 0 aliphatic carbocycles. The molecule has 1 aliphatic rings. The Labute approximate surface area is 283 Å². The zero-order valence-electron chi connectivity index (χ0n) is 28.2. The number of amides is 1. The number of alkyl halides is 3. The summed E-state index contributed by atoms with van der Waals surface area (Å²) >= 11 is 0. The quantitative estimate of drug-likeness (QED) is 0.166. The van der Waals surface area contributed by atoms with E-state index in [1.165, 1.54) is 10.9 Å². The molecule has 49 heavy (non-hydrogen) atoms. The van der Waals surface area contributed by atoms with Crippen LogP contribution in [0.3, 0.4) is 0 Å². The molecule has 3 heterocycles. The van der Waals surface area contributed by atoms with Crippen molar-refractivity contribution in [3.63, 3.8) is 0 Å². The first-order valence-electron chi connectivity index (χ1n) is 16.1. The molecular weight excluding hydrogens is 647 g/mol. The molecule has 1 aromatic carbocycles. The zero-order valence-corrected chi connectivity index (χ0v) is 28.2. The molecule has 3 aromatic rings. The van der Waals surface area contributed by atoms with E-state index in [9.17, 15) is 22.8 Å². The van der Waals surface area contributed by atoms with Gasteiger partial charge in [-0.3, -0.25) is 0 Å². The lowest BCUT2D eigenvalue weighted by Crippen LogP contribution is -2.45. The van der Waals surface area contributed by atoms with E-state index in [0.717, 1.165) is 36.2 Å². The standard InChI is InChI=1S/C33H44F3N7O6/c1-32(2,3)49-31(46)37-12-6-7-24-19-25-27(8-5-9-29(25)43(24)22-33(34,35)36)38-26-10-13-41(4)20-23(26)11-15-47-17-18-48-16-14-42-21-28(30(44)45)39-40-42/h5,8-9,19,21,23,26,38H,10-18,20,22H2,1-4H3,(H,37,46)(H,44,45). The lowest BCUT2D eigenvalue weighted by atomic mass is 9.89. The van der Waals surface area contributed by atoms with Gasteiger partial charge in [0.15, 0.2) is 5.69 Å². The van der Waals surface area contributed by atoms with E-state index >= 15 is 0 Å². The second kappa shape index (κ2) is 16.9. The first kappa shape index (κ1) is 37.5. The molecule has 13 nitrogen and oxygen atoms in total. The third-order valence-electron chi connectivity index (χ3n) is 7.73. The first-order chi connectivity index (χ1) is 23.2. The van der Waals surface area contributed by atoms with Crippen molar-refractivity contribution in [2.45, 2.75) is 64.5 Å². The number of hydrogen-bond donors (Lipinski definition) is 3. The van der Waals surface area contributed by atoms with Crippen LogP contribution in [0.25, 0.3) is 10.9 Å².